The average molecular weight is 594 g/mol. The molecule has 43 heavy (non-hydrogen) atoms. The third kappa shape index (κ3) is 11.4. The lowest BCUT2D eigenvalue weighted by Crippen LogP contribution is -2.29. The molecule has 0 radical (unpaired) electrons. The number of aliphatic hydroxyl groups is 1. The molecule has 6 nitrogen and oxygen atoms in total. The van der Waals surface area contributed by atoms with Gasteiger partial charge in [0.05, 0.1) is 17.7 Å². The zero-order chi connectivity index (χ0) is 33.1. The standard InChI is InChI=1S/C23H29NO3.C9H9FO.C4H10O/c1-7-18-15(4)20(13-21(25)26)22(16(5)19(18)8-2)24(6)23(27)17-11-9-14(3)10-12-17;1-2-9(11)7-4-3-5-8(10)6-7;1-4(2,3)5/h9-12H,7-8,13H2,1-6H3,(H,25,26);3-6H,2H2,1H3;5H,1-3H3. The number of carboxylic acid groups (broad SMARTS) is 1. The van der Waals surface area contributed by atoms with Crippen LogP contribution in [0.25, 0.3) is 0 Å². The number of anilines is 1. The Balaban J connectivity index is 0.000000473. The van der Waals surface area contributed by atoms with E-state index in [1.807, 2.05) is 45.0 Å². The van der Waals surface area contributed by atoms with Crippen molar-refractivity contribution >= 4 is 23.3 Å². The molecule has 0 spiro atoms. The number of ketones is 1. The first-order valence-corrected chi connectivity index (χ1v) is 14.7. The van der Waals surface area contributed by atoms with Crippen LogP contribution in [0.15, 0.2) is 48.5 Å². The zero-order valence-electron chi connectivity index (χ0n) is 27.4. The van der Waals surface area contributed by atoms with Crippen LogP contribution in [0.1, 0.15) is 102 Å². The van der Waals surface area contributed by atoms with Crippen LogP contribution in [-0.4, -0.2) is 40.5 Å². The monoisotopic (exact) mass is 593 g/mol. The van der Waals surface area contributed by atoms with E-state index in [1.165, 1.54) is 29.3 Å². The number of carbonyl (C=O) groups excluding carboxylic acids is 2. The first-order chi connectivity index (χ1) is 20.0. The van der Waals surface area contributed by atoms with Crippen molar-refractivity contribution in [1.82, 2.24) is 0 Å². The van der Waals surface area contributed by atoms with Crippen molar-refractivity contribution in [2.75, 3.05) is 11.9 Å². The predicted molar refractivity (Wildman–Crippen MR) is 173 cm³/mol. The third-order valence-electron chi connectivity index (χ3n) is 6.80. The quantitative estimate of drug-likeness (QED) is 0.260. The van der Waals surface area contributed by atoms with Gasteiger partial charge in [0.15, 0.2) is 5.78 Å². The minimum absolute atomic E-state index is 0.0236. The Kier molecular flexibility index (Phi) is 14.4. The number of carbonyl (C=O) groups is 3. The lowest BCUT2D eigenvalue weighted by Gasteiger charge is -2.28. The van der Waals surface area contributed by atoms with Gasteiger partial charge in [-0.3, -0.25) is 14.4 Å². The Morgan fingerprint density at radius 1 is 0.814 bits per heavy atom. The fourth-order valence-electron chi connectivity index (χ4n) is 4.82. The van der Waals surface area contributed by atoms with Crippen molar-refractivity contribution in [3.05, 3.63) is 98.9 Å². The Morgan fingerprint density at radius 2 is 1.33 bits per heavy atom. The fraction of sp³-hybridized carbons (Fsp3) is 0.417. The van der Waals surface area contributed by atoms with Crippen molar-refractivity contribution in [3.8, 4) is 0 Å². The zero-order valence-corrected chi connectivity index (χ0v) is 27.4. The lowest BCUT2D eigenvalue weighted by molar-refractivity contribution is -0.136. The molecule has 0 atom stereocenters. The molecule has 1 amide bonds. The smallest absolute Gasteiger partial charge is 0.307 e. The van der Waals surface area contributed by atoms with Crippen LogP contribution >= 0.6 is 0 Å². The molecular weight excluding hydrogens is 545 g/mol. The van der Waals surface area contributed by atoms with E-state index in [0.717, 1.165) is 40.8 Å². The van der Waals surface area contributed by atoms with E-state index in [-0.39, 0.29) is 23.9 Å². The summed E-state index contributed by atoms with van der Waals surface area (Å²) in [5.74, 6) is -1.40. The van der Waals surface area contributed by atoms with Crippen LogP contribution < -0.4 is 4.90 Å². The van der Waals surface area contributed by atoms with Crippen LogP contribution in [0, 0.1) is 26.6 Å². The molecule has 2 N–H and O–H groups in total. The number of hydrogen-bond donors (Lipinski definition) is 2. The molecule has 3 aromatic rings. The molecule has 7 heteroatoms. The number of Topliss-reactive ketones (excluding diaryl/α,β-unsaturated/α-hetero) is 1. The highest BCUT2D eigenvalue weighted by Gasteiger charge is 2.25. The summed E-state index contributed by atoms with van der Waals surface area (Å²) in [6.45, 7) is 17.1. The van der Waals surface area contributed by atoms with Gasteiger partial charge in [-0.25, -0.2) is 4.39 Å². The second-order valence-corrected chi connectivity index (χ2v) is 11.5. The highest BCUT2D eigenvalue weighted by atomic mass is 19.1. The molecule has 0 fully saturated rings. The third-order valence-corrected chi connectivity index (χ3v) is 6.80. The number of benzene rings is 3. The summed E-state index contributed by atoms with van der Waals surface area (Å²) in [5, 5.41) is 18.0. The summed E-state index contributed by atoms with van der Waals surface area (Å²) in [6, 6.07) is 13.2. The molecule has 0 bridgehead atoms. The number of nitrogens with zero attached hydrogens (tertiary/aromatic N) is 1. The molecule has 3 rings (SSSR count). The van der Waals surface area contributed by atoms with Gasteiger partial charge in [-0.2, -0.15) is 0 Å². The first kappa shape index (κ1) is 37.2. The van der Waals surface area contributed by atoms with Crippen LogP contribution in [0.2, 0.25) is 0 Å². The van der Waals surface area contributed by atoms with Crippen molar-refractivity contribution in [2.45, 2.75) is 93.6 Å². The van der Waals surface area contributed by atoms with Crippen molar-refractivity contribution in [2.24, 2.45) is 0 Å². The summed E-state index contributed by atoms with van der Waals surface area (Å²) in [4.78, 5) is 37.2. The number of hydrogen-bond acceptors (Lipinski definition) is 4. The Bertz CT molecular complexity index is 1400. The van der Waals surface area contributed by atoms with Gasteiger partial charge in [0.1, 0.15) is 5.82 Å². The van der Waals surface area contributed by atoms with Gasteiger partial charge < -0.3 is 15.1 Å². The van der Waals surface area contributed by atoms with Gasteiger partial charge >= 0.3 is 5.97 Å². The molecular formula is C36H48FNO5. The van der Waals surface area contributed by atoms with Crippen molar-refractivity contribution < 1.29 is 29.0 Å². The topological polar surface area (TPSA) is 94.9 Å². The van der Waals surface area contributed by atoms with E-state index in [0.29, 0.717) is 17.5 Å². The highest BCUT2D eigenvalue weighted by Crippen LogP contribution is 2.35. The molecule has 0 aliphatic heterocycles. The Labute approximate surface area is 256 Å². The summed E-state index contributed by atoms with van der Waals surface area (Å²) < 4.78 is 12.5. The summed E-state index contributed by atoms with van der Waals surface area (Å²) in [5.41, 5.74) is 7.50. The van der Waals surface area contributed by atoms with Gasteiger partial charge in [0.25, 0.3) is 5.91 Å². The maximum Gasteiger partial charge on any atom is 0.307 e. The molecule has 0 aliphatic carbocycles. The molecule has 0 saturated heterocycles. The fourth-order valence-corrected chi connectivity index (χ4v) is 4.82. The van der Waals surface area contributed by atoms with Crippen LogP contribution in [0.4, 0.5) is 10.1 Å². The maximum absolute atomic E-state index is 13.1. The number of aryl methyl sites for hydroxylation is 1. The second-order valence-electron chi connectivity index (χ2n) is 11.5. The number of amides is 1. The van der Waals surface area contributed by atoms with E-state index >= 15 is 0 Å². The summed E-state index contributed by atoms with van der Waals surface area (Å²) in [6.07, 6.45) is 2.02. The van der Waals surface area contributed by atoms with Crippen molar-refractivity contribution in [3.63, 3.8) is 0 Å². The predicted octanol–water partition coefficient (Wildman–Crippen LogP) is 7.84. The van der Waals surface area contributed by atoms with Gasteiger partial charge in [0, 0.05) is 24.6 Å². The SMILES string of the molecule is CC(C)(C)O.CCC(=O)c1cccc(F)c1.CCc1c(C)c(CC(=O)O)c(N(C)C(=O)c2ccc(C)cc2)c(C)c1CC. The minimum Gasteiger partial charge on any atom is -0.481 e. The summed E-state index contributed by atoms with van der Waals surface area (Å²) in [7, 11) is 1.74. The molecule has 0 saturated carbocycles. The molecule has 234 valence electrons. The normalized spacial score (nSPS) is 10.6. The first-order valence-electron chi connectivity index (χ1n) is 14.7. The van der Waals surface area contributed by atoms with Gasteiger partial charge in [-0.15, -0.1) is 0 Å². The van der Waals surface area contributed by atoms with E-state index in [2.05, 4.69) is 13.8 Å². The summed E-state index contributed by atoms with van der Waals surface area (Å²) >= 11 is 0. The average Bonchev–Trinajstić information content (AvgIpc) is 2.93. The van der Waals surface area contributed by atoms with Gasteiger partial charge in [-0.1, -0.05) is 50.6 Å². The maximum atomic E-state index is 13.1. The number of aliphatic carboxylic acids is 1. The molecule has 0 aliphatic rings. The van der Waals surface area contributed by atoms with E-state index < -0.39 is 11.6 Å². The molecule has 3 aromatic carbocycles. The van der Waals surface area contributed by atoms with Crippen LogP contribution in [0.5, 0.6) is 0 Å². The van der Waals surface area contributed by atoms with Crippen LogP contribution in [0.3, 0.4) is 0 Å². The molecule has 0 heterocycles. The van der Waals surface area contributed by atoms with Crippen LogP contribution in [-0.2, 0) is 24.1 Å². The number of carboxylic acids is 1. The Hall–Kier alpha value is -3.84. The molecule has 0 aromatic heterocycles. The molecule has 0 unspecified atom stereocenters. The number of rotatable bonds is 8. The highest BCUT2D eigenvalue weighted by molar-refractivity contribution is 6.07. The van der Waals surface area contributed by atoms with Crippen molar-refractivity contribution in [1.29, 1.82) is 0 Å². The van der Waals surface area contributed by atoms with E-state index in [4.69, 9.17) is 5.11 Å². The largest absolute Gasteiger partial charge is 0.481 e. The second kappa shape index (κ2) is 16.7. The Morgan fingerprint density at radius 3 is 1.77 bits per heavy atom. The lowest BCUT2D eigenvalue weighted by atomic mass is 9.86. The minimum atomic E-state index is -0.888. The van der Waals surface area contributed by atoms with Gasteiger partial charge in [-0.05, 0) is 106 Å². The number of halogens is 1. The van der Waals surface area contributed by atoms with E-state index in [1.54, 1.807) is 45.7 Å². The van der Waals surface area contributed by atoms with E-state index in [9.17, 15) is 23.9 Å². The van der Waals surface area contributed by atoms with Gasteiger partial charge in [0.2, 0.25) is 0 Å².